The number of rotatable bonds is 5. The summed E-state index contributed by atoms with van der Waals surface area (Å²) in [7, 11) is 0. The van der Waals surface area contributed by atoms with Gasteiger partial charge in [0.05, 0.1) is 0 Å². The third kappa shape index (κ3) is 4.74. The number of hydrogen-bond acceptors (Lipinski definition) is 7. The van der Waals surface area contributed by atoms with Crippen molar-refractivity contribution in [1.29, 1.82) is 0 Å². The SMILES string of the molecule is CC(=O)Nc1ccc(NC(=O)c2csc(N3CCN(c4ccccn4)CC3)n2)cc1. The van der Waals surface area contributed by atoms with E-state index in [-0.39, 0.29) is 11.8 Å². The minimum Gasteiger partial charge on any atom is -0.353 e. The summed E-state index contributed by atoms with van der Waals surface area (Å²) in [5.74, 6) is 0.598. The molecule has 1 saturated heterocycles. The van der Waals surface area contributed by atoms with Gasteiger partial charge in [-0.1, -0.05) is 6.07 Å². The molecular weight excluding hydrogens is 400 g/mol. The first kappa shape index (κ1) is 19.8. The van der Waals surface area contributed by atoms with E-state index in [0.717, 1.165) is 37.1 Å². The molecule has 30 heavy (non-hydrogen) atoms. The number of nitrogens with zero attached hydrogens (tertiary/aromatic N) is 4. The summed E-state index contributed by atoms with van der Waals surface area (Å²) in [5.41, 5.74) is 1.72. The number of thiazole rings is 1. The van der Waals surface area contributed by atoms with Crippen LogP contribution in [0.3, 0.4) is 0 Å². The maximum absolute atomic E-state index is 12.5. The van der Waals surface area contributed by atoms with E-state index in [1.165, 1.54) is 18.3 Å². The number of anilines is 4. The molecule has 8 nitrogen and oxygen atoms in total. The quantitative estimate of drug-likeness (QED) is 0.657. The van der Waals surface area contributed by atoms with Crippen LogP contribution in [0.1, 0.15) is 17.4 Å². The summed E-state index contributed by atoms with van der Waals surface area (Å²) in [6.07, 6.45) is 1.81. The number of carbonyl (C=O) groups excluding carboxylic acids is 2. The highest BCUT2D eigenvalue weighted by Crippen LogP contribution is 2.24. The Bertz CT molecular complexity index is 1010. The molecule has 0 aliphatic carbocycles. The second-order valence-corrected chi connectivity index (χ2v) is 7.73. The van der Waals surface area contributed by atoms with E-state index in [2.05, 4.69) is 30.4 Å². The molecule has 3 aromatic rings. The van der Waals surface area contributed by atoms with E-state index in [0.29, 0.717) is 17.1 Å². The first-order chi connectivity index (χ1) is 14.6. The third-order valence-electron chi connectivity index (χ3n) is 4.71. The lowest BCUT2D eigenvalue weighted by atomic mass is 10.2. The number of amides is 2. The van der Waals surface area contributed by atoms with E-state index < -0.39 is 0 Å². The fourth-order valence-corrected chi connectivity index (χ4v) is 4.08. The molecule has 0 atom stereocenters. The van der Waals surface area contributed by atoms with Crippen molar-refractivity contribution >= 4 is 45.5 Å². The Morgan fingerprint density at radius 2 is 1.60 bits per heavy atom. The van der Waals surface area contributed by atoms with Gasteiger partial charge in [0.15, 0.2) is 5.13 Å². The van der Waals surface area contributed by atoms with Crippen molar-refractivity contribution in [1.82, 2.24) is 9.97 Å². The number of carbonyl (C=O) groups is 2. The summed E-state index contributed by atoms with van der Waals surface area (Å²) < 4.78 is 0. The van der Waals surface area contributed by atoms with Crippen LogP contribution in [-0.2, 0) is 4.79 Å². The highest BCUT2D eigenvalue weighted by atomic mass is 32.1. The number of pyridine rings is 1. The zero-order valence-corrected chi connectivity index (χ0v) is 17.4. The molecule has 3 heterocycles. The number of hydrogen-bond donors (Lipinski definition) is 2. The number of nitrogens with one attached hydrogen (secondary N) is 2. The van der Waals surface area contributed by atoms with Gasteiger partial charge in [0.25, 0.3) is 5.91 Å². The molecule has 2 aromatic heterocycles. The average molecular weight is 423 g/mol. The highest BCUT2D eigenvalue weighted by Gasteiger charge is 2.21. The van der Waals surface area contributed by atoms with Gasteiger partial charge in [-0.15, -0.1) is 11.3 Å². The fraction of sp³-hybridized carbons (Fsp3) is 0.238. The summed E-state index contributed by atoms with van der Waals surface area (Å²) in [5, 5.41) is 8.16. The van der Waals surface area contributed by atoms with Crippen molar-refractivity contribution in [2.45, 2.75) is 6.92 Å². The molecule has 1 aliphatic rings. The smallest absolute Gasteiger partial charge is 0.275 e. The van der Waals surface area contributed by atoms with Gasteiger partial charge in [-0.2, -0.15) is 0 Å². The van der Waals surface area contributed by atoms with Gasteiger partial charge in [0, 0.05) is 56.1 Å². The molecule has 4 rings (SSSR count). The van der Waals surface area contributed by atoms with Crippen molar-refractivity contribution in [3.63, 3.8) is 0 Å². The normalized spacial score (nSPS) is 13.8. The Balaban J connectivity index is 1.33. The summed E-state index contributed by atoms with van der Waals surface area (Å²) in [4.78, 5) is 37.0. The lowest BCUT2D eigenvalue weighted by Crippen LogP contribution is -2.46. The summed E-state index contributed by atoms with van der Waals surface area (Å²) in [6.45, 7) is 4.83. The van der Waals surface area contributed by atoms with Crippen LogP contribution >= 0.6 is 11.3 Å². The van der Waals surface area contributed by atoms with E-state index in [4.69, 9.17) is 0 Å². The van der Waals surface area contributed by atoms with Crippen LogP contribution in [0.5, 0.6) is 0 Å². The molecule has 0 spiro atoms. The Morgan fingerprint density at radius 3 is 2.23 bits per heavy atom. The predicted molar refractivity (Wildman–Crippen MR) is 119 cm³/mol. The van der Waals surface area contributed by atoms with Crippen molar-refractivity contribution in [2.24, 2.45) is 0 Å². The number of benzene rings is 1. The molecule has 9 heteroatoms. The lowest BCUT2D eigenvalue weighted by molar-refractivity contribution is -0.114. The minimum absolute atomic E-state index is 0.136. The van der Waals surface area contributed by atoms with Crippen LogP contribution in [0, 0.1) is 0 Å². The molecule has 2 amide bonds. The van der Waals surface area contributed by atoms with Crippen LogP contribution in [0.4, 0.5) is 22.3 Å². The van der Waals surface area contributed by atoms with Crippen LogP contribution in [0.15, 0.2) is 54.0 Å². The van der Waals surface area contributed by atoms with Crippen molar-refractivity contribution in [3.8, 4) is 0 Å². The molecule has 1 aliphatic heterocycles. The second-order valence-electron chi connectivity index (χ2n) is 6.89. The van der Waals surface area contributed by atoms with Gasteiger partial charge < -0.3 is 20.4 Å². The zero-order valence-electron chi connectivity index (χ0n) is 16.5. The van der Waals surface area contributed by atoms with E-state index in [9.17, 15) is 9.59 Å². The number of aromatic nitrogens is 2. The zero-order chi connectivity index (χ0) is 20.9. The van der Waals surface area contributed by atoms with Crippen LogP contribution in [0.25, 0.3) is 0 Å². The van der Waals surface area contributed by atoms with Gasteiger partial charge in [0.2, 0.25) is 5.91 Å². The van der Waals surface area contributed by atoms with Crippen LogP contribution < -0.4 is 20.4 Å². The summed E-state index contributed by atoms with van der Waals surface area (Å²) in [6, 6.07) is 12.9. The Kier molecular flexibility index (Phi) is 5.89. The molecule has 154 valence electrons. The monoisotopic (exact) mass is 422 g/mol. The van der Waals surface area contributed by atoms with Crippen LogP contribution in [-0.4, -0.2) is 48.0 Å². The largest absolute Gasteiger partial charge is 0.353 e. The Labute approximate surface area is 178 Å². The molecule has 2 N–H and O–H groups in total. The Hall–Kier alpha value is -3.46. The highest BCUT2D eigenvalue weighted by molar-refractivity contribution is 7.14. The average Bonchev–Trinajstić information content (AvgIpc) is 3.26. The maximum Gasteiger partial charge on any atom is 0.275 e. The van der Waals surface area contributed by atoms with Gasteiger partial charge >= 0.3 is 0 Å². The molecule has 0 radical (unpaired) electrons. The van der Waals surface area contributed by atoms with Gasteiger partial charge in [-0.3, -0.25) is 9.59 Å². The topological polar surface area (TPSA) is 90.5 Å². The van der Waals surface area contributed by atoms with E-state index in [1.54, 1.807) is 35.8 Å². The first-order valence-corrected chi connectivity index (χ1v) is 10.5. The number of piperazine rings is 1. The maximum atomic E-state index is 12.5. The standard InChI is InChI=1S/C21H22N6O2S/c1-15(28)23-16-5-7-17(8-6-16)24-20(29)18-14-30-21(25-18)27-12-10-26(11-13-27)19-4-2-3-9-22-19/h2-9,14H,10-13H2,1H3,(H,23,28)(H,24,29). The fourth-order valence-electron chi connectivity index (χ4n) is 3.22. The lowest BCUT2D eigenvalue weighted by Gasteiger charge is -2.35. The minimum atomic E-state index is -0.253. The molecule has 1 aromatic carbocycles. The van der Waals surface area contributed by atoms with E-state index in [1.807, 2.05) is 18.2 Å². The van der Waals surface area contributed by atoms with Crippen LogP contribution in [0.2, 0.25) is 0 Å². The van der Waals surface area contributed by atoms with Gasteiger partial charge in [0.1, 0.15) is 11.5 Å². The molecular formula is C21H22N6O2S. The molecule has 0 bridgehead atoms. The molecule has 0 saturated carbocycles. The third-order valence-corrected chi connectivity index (χ3v) is 5.61. The first-order valence-electron chi connectivity index (χ1n) is 9.64. The van der Waals surface area contributed by atoms with Crippen molar-refractivity contribution in [2.75, 3.05) is 46.6 Å². The predicted octanol–water partition coefficient (Wildman–Crippen LogP) is 3.08. The van der Waals surface area contributed by atoms with Gasteiger partial charge in [-0.25, -0.2) is 9.97 Å². The van der Waals surface area contributed by atoms with Gasteiger partial charge in [-0.05, 0) is 36.4 Å². The Morgan fingerprint density at radius 1 is 0.933 bits per heavy atom. The van der Waals surface area contributed by atoms with Crippen molar-refractivity contribution in [3.05, 3.63) is 59.7 Å². The van der Waals surface area contributed by atoms with Crippen molar-refractivity contribution < 1.29 is 9.59 Å². The molecule has 0 unspecified atom stereocenters. The molecule has 1 fully saturated rings. The van der Waals surface area contributed by atoms with E-state index >= 15 is 0 Å². The summed E-state index contributed by atoms with van der Waals surface area (Å²) >= 11 is 1.47. The second kappa shape index (κ2) is 8.91.